The van der Waals surface area contributed by atoms with Crippen molar-refractivity contribution in [3.05, 3.63) is 65.2 Å². The van der Waals surface area contributed by atoms with Gasteiger partial charge in [-0.25, -0.2) is 0 Å². The molecule has 1 saturated heterocycles. The van der Waals surface area contributed by atoms with Crippen LogP contribution in [-0.2, 0) is 4.79 Å². The molecule has 0 saturated carbocycles. The summed E-state index contributed by atoms with van der Waals surface area (Å²) in [7, 11) is 5.11. The number of carbonyl (C=O) groups excluding carboxylic acids is 3. The first-order valence-electron chi connectivity index (χ1n) is 15.2. The number of nitrogens with one attached hydrogen (secondary N) is 2. The number of nitrogens with zero attached hydrogens (tertiary/aromatic N) is 2. The van der Waals surface area contributed by atoms with Crippen LogP contribution in [0.3, 0.4) is 0 Å². The summed E-state index contributed by atoms with van der Waals surface area (Å²) in [5.41, 5.74) is 15.5. The fraction of sp³-hybridized carbons (Fsp3) is 0.382. The van der Waals surface area contributed by atoms with Crippen LogP contribution in [0, 0.1) is 6.92 Å². The van der Waals surface area contributed by atoms with Crippen LogP contribution in [0.2, 0.25) is 0 Å². The molecule has 11 nitrogen and oxygen atoms in total. The van der Waals surface area contributed by atoms with Gasteiger partial charge in [-0.3, -0.25) is 14.4 Å². The number of piperazine rings is 1. The van der Waals surface area contributed by atoms with Crippen molar-refractivity contribution in [3.8, 4) is 22.6 Å². The molecule has 1 fully saturated rings. The van der Waals surface area contributed by atoms with Gasteiger partial charge >= 0.3 is 0 Å². The Morgan fingerprint density at radius 3 is 2.38 bits per heavy atom. The van der Waals surface area contributed by atoms with Crippen LogP contribution in [0.25, 0.3) is 11.1 Å². The number of benzene rings is 3. The van der Waals surface area contributed by atoms with Crippen molar-refractivity contribution in [1.82, 2.24) is 15.1 Å². The second-order valence-corrected chi connectivity index (χ2v) is 11.3. The molecular formula is C34H44N6O5. The highest BCUT2D eigenvalue weighted by molar-refractivity contribution is 6.11. The van der Waals surface area contributed by atoms with Gasteiger partial charge in [-0.15, -0.1) is 0 Å². The Kier molecular flexibility index (Phi) is 11.3. The Bertz CT molecular complexity index is 1530. The Labute approximate surface area is 264 Å². The number of anilines is 3. The normalized spacial score (nSPS) is 13.3. The van der Waals surface area contributed by atoms with Crippen molar-refractivity contribution in [2.45, 2.75) is 32.6 Å². The third-order valence-corrected chi connectivity index (χ3v) is 8.02. The number of para-hydroxylation sites is 1. The van der Waals surface area contributed by atoms with Crippen LogP contribution in [0.15, 0.2) is 48.5 Å². The van der Waals surface area contributed by atoms with E-state index >= 15 is 0 Å². The molecule has 0 unspecified atom stereocenters. The maximum atomic E-state index is 13.2. The highest BCUT2D eigenvalue weighted by Gasteiger charge is 2.25. The monoisotopic (exact) mass is 616 g/mol. The molecule has 0 aromatic heterocycles. The summed E-state index contributed by atoms with van der Waals surface area (Å²) in [6.45, 7) is 5.80. The van der Waals surface area contributed by atoms with E-state index in [2.05, 4.69) is 22.6 Å². The highest BCUT2D eigenvalue weighted by Crippen LogP contribution is 2.44. The lowest BCUT2D eigenvalue weighted by Crippen LogP contribution is -2.47. The Morgan fingerprint density at radius 2 is 1.67 bits per heavy atom. The third kappa shape index (κ3) is 8.04. The summed E-state index contributed by atoms with van der Waals surface area (Å²) < 4.78 is 12.1. The van der Waals surface area contributed by atoms with E-state index in [1.165, 1.54) is 7.11 Å². The molecule has 0 radical (unpaired) electrons. The first-order valence-corrected chi connectivity index (χ1v) is 15.2. The van der Waals surface area contributed by atoms with Crippen molar-refractivity contribution in [1.29, 1.82) is 0 Å². The van der Waals surface area contributed by atoms with Gasteiger partial charge in [-0.1, -0.05) is 18.2 Å². The van der Waals surface area contributed by atoms with Gasteiger partial charge < -0.3 is 41.4 Å². The van der Waals surface area contributed by atoms with Gasteiger partial charge in [0.05, 0.1) is 41.9 Å². The quantitative estimate of drug-likeness (QED) is 0.175. The minimum Gasteiger partial charge on any atom is -0.494 e. The number of nitrogen functional groups attached to an aromatic ring is 2. The lowest BCUT2D eigenvalue weighted by Gasteiger charge is -2.32. The fourth-order valence-electron chi connectivity index (χ4n) is 5.36. The van der Waals surface area contributed by atoms with E-state index in [0.717, 1.165) is 51.0 Å². The topological polar surface area (TPSA) is 152 Å². The summed E-state index contributed by atoms with van der Waals surface area (Å²) >= 11 is 0. The standard InChI is InChI=1S/C34H44N6O5/c1-22-12-13-23(28(21-22)45-20-7-5-6-11-29(41)40-18-16-39(3)17-19-40)30-24(33(42)37-2)14-15-27(32(30)44-4)38-34(43)25-9-8-10-26(35)31(25)36/h8-10,12-15,21H,5-7,11,16-20,35-36H2,1-4H3,(H,37,42)(H,38,43). The fourth-order valence-corrected chi connectivity index (χ4v) is 5.36. The number of ether oxygens (including phenoxy) is 2. The molecule has 1 aliphatic heterocycles. The number of amides is 3. The maximum Gasteiger partial charge on any atom is 0.257 e. The van der Waals surface area contributed by atoms with Gasteiger partial charge in [0, 0.05) is 50.8 Å². The molecule has 6 N–H and O–H groups in total. The van der Waals surface area contributed by atoms with E-state index in [-0.39, 0.29) is 23.1 Å². The zero-order valence-corrected chi connectivity index (χ0v) is 26.6. The number of methoxy groups -OCH3 is 1. The molecule has 45 heavy (non-hydrogen) atoms. The number of carbonyl (C=O) groups is 3. The van der Waals surface area contributed by atoms with Gasteiger partial charge in [0.15, 0.2) is 5.75 Å². The van der Waals surface area contributed by atoms with Gasteiger partial charge in [0.25, 0.3) is 11.8 Å². The molecule has 3 aromatic rings. The van der Waals surface area contributed by atoms with Crippen LogP contribution in [0.4, 0.5) is 17.1 Å². The van der Waals surface area contributed by atoms with E-state index < -0.39 is 5.91 Å². The lowest BCUT2D eigenvalue weighted by molar-refractivity contribution is -0.132. The van der Waals surface area contributed by atoms with Crippen LogP contribution >= 0.6 is 0 Å². The van der Waals surface area contributed by atoms with Crippen LogP contribution < -0.4 is 31.6 Å². The third-order valence-electron chi connectivity index (χ3n) is 8.02. The number of hydrogen-bond acceptors (Lipinski definition) is 8. The molecule has 0 atom stereocenters. The van der Waals surface area contributed by atoms with Crippen LogP contribution in [0.1, 0.15) is 52.0 Å². The summed E-state index contributed by atoms with van der Waals surface area (Å²) in [6.07, 6.45) is 2.94. The smallest absolute Gasteiger partial charge is 0.257 e. The molecular weight excluding hydrogens is 572 g/mol. The summed E-state index contributed by atoms with van der Waals surface area (Å²) in [6, 6.07) is 13.8. The van der Waals surface area contributed by atoms with E-state index in [9.17, 15) is 14.4 Å². The highest BCUT2D eigenvalue weighted by atomic mass is 16.5. The molecule has 0 bridgehead atoms. The largest absolute Gasteiger partial charge is 0.494 e. The number of likely N-dealkylation sites (N-methyl/N-ethyl adjacent to an activating group) is 1. The zero-order chi connectivity index (χ0) is 32.5. The van der Waals surface area contributed by atoms with Crippen molar-refractivity contribution >= 4 is 34.8 Å². The molecule has 11 heteroatoms. The maximum absolute atomic E-state index is 13.2. The van der Waals surface area contributed by atoms with E-state index in [1.54, 1.807) is 37.4 Å². The Hall–Kier alpha value is -4.77. The number of nitrogens with two attached hydrogens (primary N) is 2. The summed E-state index contributed by atoms with van der Waals surface area (Å²) in [4.78, 5) is 43.0. The van der Waals surface area contributed by atoms with Crippen LogP contribution in [0.5, 0.6) is 11.5 Å². The molecule has 1 heterocycles. The van der Waals surface area contributed by atoms with E-state index in [0.29, 0.717) is 52.6 Å². The van der Waals surface area contributed by atoms with Crippen molar-refractivity contribution in [2.24, 2.45) is 0 Å². The predicted octanol–water partition coefficient (Wildman–Crippen LogP) is 4.16. The lowest BCUT2D eigenvalue weighted by atomic mass is 9.95. The minimum atomic E-state index is -0.469. The number of hydrogen-bond donors (Lipinski definition) is 4. The molecule has 1 aliphatic rings. The van der Waals surface area contributed by atoms with Crippen molar-refractivity contribution in [3.63, 3.8) is 0 Å². The Morgan fingerprint density at radius 1 is 0.911 bits per heavy atom. The zero-order valence-electron chi connectivity index (χ0n) is 26.6. The van der Waals surface area contributed by atoms with E-state index in [4.69, 9.17) is 20.9 Å². The average molecular weight is 617 g/mol. The summed E-state index contributed by atoms with van der Waals surface area (Å²) in [5.74, 6) is 0.295. The van der Waals surface area contributed by atoms with Gasteiger partial charge in [0.2, 0.25) is 5.91 Å². The van der Waals surface area contributed by atoms with Gasteiger partial charge in [0.1, 0.15) is 5.75 Å². The molecule has 3 amide bonds. The molecule has 3 aromatic carbocycles. The minimum absolute atomic E-state index is 0.175. The molecule has 0 aliphatic carbocycles. The van der Waals surface area contributed by atoms with Crippen LogP contribution in [-0.4, -0.2) is 81.5 Å². The molecule has 4 rings (SSSR count). The second kappa shape index (κ2) is 15.3. The Balaban J connectivity index is 1.53. The number of unbranched alkanes of at least 4 members (excludes halogenated alkanes) is 2. The summed E-state index contributed by atoms with van der Waals surface area (Å²) in [5, 5.41) is 5.56. The first-order chi connectivity index (χ1) is 21.6. The van der Waals surface area contributed by atoms with E-state index in [1.807, 2.05) is 30.0 Å². The second-order valence-electron chi connectivity index (χ2n) is 11.3. The predicted molar refractivity (Wildman–Crippen MR) is 178 cm³/mol. The van der Waals surface area contributed by atoms with Gasteiger partial charge in [-0.2, -0.15) is 0 Å². The number of rotatable bonds is 12. The average Bonchev–Trinajstić information content (AvgIpc) is 3.03. The number of aryl methyl sites for hydroxylation is 1. The van der Waals surface area contributed by atoms with Gasteiger partial charge in [-0.05, 0) is 69.1 Å². The first kappa shape index (κ1) is 33.1. The van der Waals surface area contributed by atoms with Crippen molar-refractivity contribution < 1.29 is 23.9 Å². The van der Waals surface area contributed by atoms with Crippen molar-refractivity contribution in [2.75, 3.05) is 70.8 Å². The molecule has 0 spiro atoms. The molecule has 240 valence electrons. The SMILES string of the molecule is CNC(=O)c1ccc(NC(=O)c2cccc(N)c2N)c(OC)c1-c1ccc(C)cc1OCCCCCC(=O)N1CCN(C)CC1.